The molecule has 0 saturated carbocycles. The minimum absolute atomic E-state index is 0.176. The molecule has 0 atom stereocenters. The van der Waals surface area contributed by atoms with Crippen LogP contribution in [0.5, 0.6) is 0 Å². The first-order valence-corrected chi connectivity index (χ1v) is 8.53. The number of rotatable bonds is 4. The fourth-order valence-corrected chi connectivity index (χ4v) is 2.92. The van der Waals surface area contributed by atoms with Crippen LogP contribution < -0.4 is 10.6 Å². The minimum atomic E-state index is -0.395. The van der Waals surface area contributed by atoms with Gasteiger partial charge in [-0.15, -0.1) is 11.3 Å². The molecular formula is C16H12BrN3O3S. The van der Waals surface area contributed by atoms with Crippen molar-refractivity contribution in [3.8, 4) is 0 Å². The molecule has 1 aromatic carbocycles. The van der Waals surface area contributed by atoms with E-state index in [4.69, 9.17) is 4.42 Å². The van der Waals surface area contributed by atoms with Crippen LogP contribution in [0.2, 0.25) is 0 Å². The van der Waals surface area contributed by atoms with Gasteiger partial charge >= 0.3 is 0 Å². The van der Waals surface area contributed by atoms with E-state index in [0.29, 0.717) is 21.1 Å². The number of carbonyl (C=O) groups excluding carboxylic acids is 2. The molecule has 0 saturated heterocycles. The number of benzene rings is 1. The molecule has 3 aromatic rings. The van der Waals surface area contributed by atoms with Gasteiger partial charge < -0.3 is 9.73 Å². The van der Waals surface area contributed by atoms with E-state index in [-0.39, 0.29) is 11.7 Å². The second-order valence-corrected chi connectivity index (χ2v) is 6.89. The summed E-state index contributed by atoms with van der Waals surface area (Å²) in [6.45, 7) is 1.91. The average Bonchev–Trinajstić information content (AvgIpc) is 3.16. The van der Waals surface area contributed by atoms with Crippen LogP contribution in [0, 0.1) is 6.92 Å². The number of aryl methyl sites for hydroxylation is 1. The Bertz CT molecular complexity index is 903. The van der Waals surface area contributed by atoms with E-state index < -0.39 is 5.91 Å². The van der Waals surface area contributed by atoms with Gasteiger partial charge in [-0.05, 0) is 53.2 Å². The first-order valence-electron chi connectivity index (χ1n) is 6.92. The first kappa shape index (κ1) is 16.4. The fourth-order valence-electron chi connectivity index (χ4n) is 1.95. The molecule has 2 aromatic heterocycles. The molecule has 8 heteroatoms. The molecule has 2 N–H and O–H groups in total. The van der Waals surface area contributed by atoms with Crippen molar-refractivity contribution in [1.29, 1.82) is 0 Å². The smallest absolute Gasteiger partial charge is 0.291 e. The minimum Gasteiger partial charge on any atom is -0.444 e. The van der Waals surface area contributed by atoms with Crippen LogP contribution in [0.4, 0.5) is 10.8 Å². The van der Waals surface area contributed by atoms with Crippen LogP contribution in [0.1, 0.15) is 25.8 Å². The molecule has 0 aliphatic rings. The number of furan rings is 1. The van der Waals surface area contributed by atoms with Gasteiger partial charge in [-0.1, -0.05) is 6.07 Å². The SMILES string of the molecule is Cc1cnc(NC(=O)c2cccc(NC(=O)c3ccc(Br)o3)c2)s1. The third kappa shape index (κ3) is 3.90. The molecule has 0 unspecified atom stereocenters. The number of thiazole rings is 1. The standard InChI is InChI=1S/C16H12BrN3O3S/c1-9-8-18-16(24-9)20-14(21)10-3-2-4-11(7-10)19-15(22)12-5-6-13(17)23-12/h2-8H,1H3,(H,19,22)(H,18,20,21). The molecular weight excluding hydrogens is 394 g/mol. The van der Waals surface area contributed by atoms with E-state index in [1.807, 2.05) is 6.92 Å². The number of nitrogens with one attached hydrogen (secondary N) is 2. The van der Waals surface area contributed by atoms with Gasteiger partial charge in [-0.3, -0.25) is 14.9 Å². The highest BCUT2D eigenvalue weighted by atomic mass is 79.9. The van der Waals surface area contributed by atoms with Gasteiger partial charge in [-0.25, -0.2) is 4.98 Å². The summed E-state index contributed by atoms with van der Waals surface area (Å²) >= 11 is 4.54. The molecule has 2 heterocycles. The number of carbonyl (C=O) groups is 2. The zero-order valence-electron chi connectivity index (χ0n) is 12.5. The van der Waals surface area contributed by atoms with E-state index in [2.05, 4.69) is 31.5 Å². The lowest BCUT2D eigenvalue weighted by Crippen LogP contribution is -2.14. The summed E-state index contributed by atoms with van der Waals surface area (Å²) in [4.78, 5) is 29.4. The number of aromatic nitrogens is 1. The highest BCUT2D eigenvalue weighted by Crippen LogP contribution is 2.19. The Labute approximate surface area is 150 Å². The fraction of sp³-hybridized carbons (Fsp3) is 0.0625. The molecule has 6 nitrogen and oxygen atoms in total. The van der Waals surface area contributed by atoms with Crippen molar-refractivity contribution in [2.45, 2.75) is 6.92 Å². The van der Waals surface area contributed by atoms with Crippen LogP contribution in [0.25, 0.3) is 0 Å². The van der Waals surface area contributed by atoms with Crippen LogP contribution in [0.15, 0.2) is 51.7 Å². The third-order valence-corrected chi connectivity index (χ3v) is 4.28. The number of hydrogen-bond donors (Lipinski definition) is 2. The first-order chi connectivity index (χ1) is 11.5. The Morgan fingerprint density at radius 1 is 1.17 bits per heavy atom. The summed E-state index contributed by atoms with van der Waals surface area (Å²) in [5.74, 6) is -0.509. The predicted molar refractivity (Wildman–Crippen MR) is 95.6 cm³/mol. The predicted octanol–water partition coefficient (Wildman–Crippen LogP) is 4.31. The molecule has 0 fully saturated rings. The molecule has 2 amide bonds. The Morgan fingerprint density at radius 3 is 2.67 bits per heavy atom. The van der Waals surface area contributed by atoms with Crippen molar-refractivity contribution in [2.75, 3.05) is 10.6 Å². The summed E-state index contributed by atoms with van der Waals surface area (Å²) in [6.07, 6.45) is 1.69. The Kier molecular flexibility index (Phi) is 4.77. The van der Waals surface area contributed by atoms with Crippen LogP contribution in [-0.2, 0) is 0 Å². The van der Waals surface area contributed by atoms with E-state index in [1.165, 1.54) is 11.3 Å². The second-order valence-electron chi connectivity index (χ2n) is 4.87. The van der Waals surface area contributed by atoms with Crippen LogP contribution >= 0.6 is 27.3 Å². The van der Waals surface area contributed by atoms with E-state index >= 15 is 0 Å². The highest BCUT2D eigenvalue weighted by molar-refractivity contribution is 9.10. The monoisotopic (exact) mass is 405 g/mol. The van der Waals surface area contributed by atoms with E-state index in [0.717, 1.165) is 4.88 Å². The molecule has 0 aliphatic heterocycles. The molecule has 122 valence electrons. The van der Waals surface area contributed by atoms with Crippen LogP contribution in [0.3, 0.4) is 0 Å². The van der Waals surface area contributed by atoms with Crippen LogP contribution in [-0.4, -0.2) is 16.8 Å². The topological polar surface area (TPSA) is 84.2 Å². The highest BCUT2D eigenvalue weighted by Gasteiger charge is 2.13. The normalized spacial score (nSPS) is 10.4. The maximum atomic E-state index is 12.3. The van der Waals surface area contributed by atoms with Gasteiger partial charge in [-0.2, -0.15) is 0 Å². The third-order valence-electron chi connectivity index (χ3n) is 3.02. The van der Waals surface area contributed by atoms with Crippen molar-refractivity contribution in [3.63, 3.8) is 0 Å². The second kappa shape index (κ2) is 6.98. The molecule has 0 aliphatic carbocycles. The number of amides is 2. The summed E-state index contributed by atoms with van der Waals surface area (Å²) < 4.78 is 5.67. The molecule has 0 bridgehead atoms. The van der Waals surface area contributed by atoms with Crippen molar-refractivity contribution < 1.29 is 14.0 Å². The molecule has 3 rings (SSSR count). The van der Waals surface area contributed by atoms with Crippen molar-refractivity contribution >= 4 is 49.9 Å². The quantitative estimate of drug-likeness (QED) is 0.676. The maximum absolute atomic E-state index is 12.3. The lowest BCUT2D eigenvalue weighted by molar-refractivity contribution is 0.0992. The number of nitrogens with zero attached hydrogens (tertiary/aromatic N) is 1. The molecule has 0 radical (unpaired) electrons. The van der Waals surface area contributed by atoms with Gasteiger partial charge in [0.2, 0.25) is 0 Å². The van der Waals surface area contributed by atoms with E-state index in [1.54, 1.807) is 42.6 Å². The molecule has 24 heavy (non-hydrogen) atoms. The Balaban J connectivity index is 1.71. The van der Waals surface area contributed by atoms with Gasteiger partial charge in [0.05, 0.1) is 0 Å². The summed E-state index contributed by atoms with van der Waals surface area (Å²) in [5.41, 5.74) is 0.914. The number of halogens is 1. The van der Waals surface area contributed by atoms with Gasteiger partial charge in [0.1, 0.15) is 0 Å². The summed E-state index contributed by atoms with van der Waals surface area (Å²) in [7, 11) is 0. The zero-order valence-corrected chi connectivity index (χ0v) is 14.9. The van der Waals surface area contributed by atoms with Crippen molar-refractivity contribution in [1.82, 2.24) is 4.98 Å². The molecule has 0 spiro atoms. The van der Waals surface area contributed by atoms with Gasteiger partial charge in [0.15, 0.2) is 15.6 Å². The van der Waals surface area contributed by atoms with Gasteiger partial charge in [0, 0.05) is 22.3 Å². The Morgan fingerprint density at radius 2 is 2.00 bits per heavy atom. The average molecular weight is 406 g/mol. The summed E-state index contributed by atoms with van der Waals surface area (Å²) in [6, 6.07) is 9.83. The zero-order chi connectivity index (χ0) is 17.1. The van der Waals surface area contributed by atoms with E-state index in [9.17, 15) is 9.59 Å². The maximum Gasteiger partial charge on any atom is 0.291 e. The Hall–Kier alpha value is -2.45. The number of anilines is 2. The lowest BCUT2D eigenvalue weighted by Gasteiger charge is -2.06. The lowest BCUT2D eigenvalue weighted by atomic mass is 10.2. The largest absolute Gasteiger partial charge is 0.444 e. The summed E-state index contributed by atoms with van der Waals surface area (Å²) in [5, 5.41) is 5.95. The van der Waals surface area contributed by atoms with Crippen molar-refractivity contribution in [3.05, 3.63) is 63.5 Å². The number of hydrogen-bond acceptors (Lipinski definition) is 5. The van der Waals surface area contributed by atoms with Gasteiger partial charge in [0.25, 0.3) is 11.8 Å². The van der Waals surface area contributed by atoms with Crippen molar-refractivity contribution in [2.24, 2.45) is 0 Å².